The lowest BCUT2D eigenvalue weighted by Gasteiger charge is -2.01. The third kappa shape index (κ3) is 1.98. The van der Waals surface area contributed by atoms with Crippen LogP contribution in [0.4, 0.5) is 5.82 Å². The summed E-state index contributed by atoms with van der Waals surface area (Å²) in [6.07, 6.45) is 1.42. The number of carbonyl (C=O) groups is 1. The number of hydrogen-bond donors (Lipinski definition) is 0. The van der Waals surface area contributed by atoms with Crippen molar-refractivity contribution in [3.63, 3.8) is 0 Å². The van der Waals surface area contributed by atoms with Crippen LogP contribution in [0, 0.1) is 10.1 Å². The minimum atomic E-state index is -0.604. The van der Waals surface area contributed by atoms with Crippen molar-refractivity contribution in [3.8, 4) is 0 Å². The molecule has 6 nitrogen and oxygen atoms in total. The van der Waals surface area contributed by atoms with Crippen molar-refractivity contribution in [2.24, 2.45) is 0 Å². The Labute approximate surface area is 88.2 Å². The average molecular weight is 262 g/mol. The van der Waals surface area contributed by atoms with Crippen LogP contribution >= 0.6 is 15.9 Å². The van der Waals surface area contributed by atoms with E-state index in [1.54, 1.807) is 6.92 Å². The molecule has 0 aliphatic heterocycles. The highest BCUT2D eigenvalue weighted by Gasteiger charge is 2.23. The molecule has 0 spiro atoms. The molecule has 7 heteroatoms. The number of carbonyl (C=O) groups excluding carboxylic acids is 1. The summed E-state index contributed by atoms with van der Waals surface area (Å²) in [5, 5.41) is 14.1. The van der Waals surface area contributed by atoms with Gasteiger partial charge >= 0.3 is 5.82 Å². The van der Waals surface area contributed by atoms with E-state index in [4.69, 9.17) is 0 Å². The maximum Gasteiger partial charge on any atom is 0.404 e. The summed E-state index contributed by atoms with van der Waals surface area (Å²) in [5.74, 6) is -0.381. The molecule has 0 aliphatic rings. The van der Waals surface area contributed by atoms with E-state index < -0.39 is 11.0 Å². The number of Topliss-reactive ketones (excluding diaryl/α,β-unsaturated/α-hetero) is 1. The van der Waals surface area contributed by atoms with Gasteiger partial charge < -0.3 is 10.1 Å². The summed E-state index contributed by atoms with van der Waals surface area (Å²) in [6.45, 7) is 3.04. The summed E-state index contributed by atoms with van der Waals surface area (Å²) >= 11 is 3.00. The molecular formula is C7H8BrN3O3. The molecule has 0 aromatic carbocycles. The van der Waals surface area contributed by atoms with Crippen molar-refractivity contribution < 1.29 is 9.72 Å². The van der Waals surface area contributed by atoms with Gasteiger partial charge in [0.2, 0.25) is 0 Å². The first-order chi connectivity index (χ1) is 6.43. The molecule has 0 fully saturated rings. The highest BCUT2D eigenvalue weighted by atomic mass is 79.9. The van der Waals surface area contributed by atoms with Gasteiger partial charge in [0.1, 0.15) is 10.5 Å². The zero-order valence-corrected chi connectivity index (χ0v) is 9.19. The topological polar surface area (TPSA) is 78.0 Å². The lowest BCUT2D eigenvalue weighted by molar-refractivity contribution is -0.390. The largest absolute Gasteiger partial charge is 0.404 e. The quantitative estimate of drug-likeness (QED) is 0.613. The van der Waals surface area contributed by atoms with E-state index in [0.29, 0.717) is 0 Å². The van der Waals surface area contributed by atoms with Crippen LogP contribution in [0.3, 0.4) is 0 Å². The Morgan fingerprint density at radius 3 is 2.71 bits per heavy atom. The monoisotopic (exact) mass is 261 g/mol. The Morgan fingerprint density at radius 1 is 1.79 bits per heavy atom. The van der Waals surface area contributed by atoms with Crippen molar-refractivity contribution in [2.75, 3.05) is 0 Å². The summed E-state index contributed by atoms with van der Waals surface area (Å²) in [5.41, 5.74) is 0. The lowest BCUT2D eigenvalue weighted by atomic mass is 10.2. The molecule has 0 bridgehead atoms. The van der Waals surface area contributed by atoms with E-state index in [1.807, 2.05) is 0 Å². The van der Waals surface area contributed by atoms with E-state index >= 15 is 0 Å². The second-order valence-corrected chi connectivity index (χ2v) is 3.68. The molecule has 0 radical (unpaired) electrons. The second-order valence-electron chi connectivity index (χ2n) is 2.82. The Balaban J connectivity index is 3.08. The molecule has 1 aromatic rings. The second kappa shape index (κ2) is 3.87. The van der Waals surface area contributed by atoms with Crippen LogP contribution in [0.25, 0.3) is 0 Å². The van der Waals surface area contributed by atoms with Crippen LogP contribution in [-0.4, -0.2) is 20.5 Å². The molecule has 0 saturated carbocycles. The van der Waals surface area contributed by atoms with Gasteiger partial charge in [-0.3, -0.25) is 4.79 Å². The number of nitrogens with zero attached hydrogens (tertiary/aromatic N) is 3. The van der Waals surface area contributed by atoms with Crippen LogP contribution in [0.5, 0.6) is 0 Å². The van der Waals surface area contributed by atoms with Gasteiger partial charge in [-0.1, -0.05) is 0 Å². The number of rotatable bonds is 3. The van der Waals surface area contributed by atoms with Gasteiger partial charge in [0.15, 0.2) is 5.78 Å². The Hall–Kier alpha value is -1.24. The van der Waals surface area contributed by atoms with E-state index in [9.17, 15) is 14.9 Å². The van der Waals surface area contributed by atoms with E-state index in [1.165, 1.54) is 17.8 Å². The Kier molecular flexibility index (Phi) is 3.00. The summed E-state index contributed by atoms with van der Waals surface area (Å²) in [4.78, 5) is 20.8. The van der Waals surface area contributed by atoms with Crippen molar-refractivity contribution >= 4 is 27.5 Å². The molecule has 14 heavy (non-hydrogen) atoms. The van der Waals surface area contributed by atoms with E-state index in [2.05, 4.69) is 21.0 Å². The average Bonchev–Trinajstić information content (AvgIpc) is 2.45. The van der Waals surface area contributed by atoms with Crippen LogP contribution in [0.1, 0.15) is 19.9 Å². The third-order valence-corrected chi connectivity index (χ3v) is 2.39. The number of halogens is 1. The molecule has 0 N–H and O–H groups in total. The molecule has 1 aromatic heterocycles. The summed E-state index contributed by atoms with van der Waals surface area (Å²) in [7, 11) is 0. The standard InChI is InChI=1S/C7H8BrN3O3/c1-4(5(2)12)10-3-6(8)7(9-10)11(13)14/h3-4H,1-2H3. The van der Waals surface area contributed by atoms with Gasteiger partial charge in [0, 0.05) is 0 Å². The van der Waals surface area contributed by atoms with Crippen LogP contribution in [0.15, 0.2) is 10.7 Å². The predicted molar refractivity (Wildman–Crippen MR) is 52.0 cm³/mol. The Morgan fingerprint density at radius 2 is 2.36 bits per heavy atom. The molecule has 1 unspecified atom stereocenters. The molecule has 1 rings (SSSR count). The smallest absolute Gasteiger partial charge is 0.358 e. The van der Waals surface area contributed by atoms with Gasteiger partial charge in [0.25, 0.3) is 0 Å². The van der Waals surface area contributed by atoms with Gasteiger partial charge in [-0.25, -0.2) is 0 Å². The first-order valence-electron chi connectivity index (χ1n) is 3.83. The maximum atomic E-state index is 11.0. The maximum absolute atomic E-state index is 11.0. The van der Waals surface area contributed by atoms with Crippen molar-refractivity contribution in [1.82, 2.24) is 9.78 Å². The highest BCUT2D eigenvalue weighted by Crippen LogP contribution is 2.24. The first kappa shape index (κ1) is 10.8. The number of hydrogen-bond acceptors (Lipinski definition) is 4. The van der Waals surface area contributed by atoms with Crippen LogP contribution < -0.4 is 0 Å². The zero-order chi connectivity index (χ0) is 10.9. The zero-order valence-electron chi connectivity index (χ0n) is 7.60. The van der Waals surface area contributed by atoms with Crippen molar-refractivity contribution in [2.45, 2.75) is 19.9 Å². The highest BCUT2D eigenvalue weighted by molar-refractivity contribution is 9.10. The van der Waals surface area contributed by atoms with Crippen LogP contribution in [-0.2, 0) is 4.79 Å². The lowest BCUT2D eigenvalue weighted by Crippen LogP contribution is -2.13. The molecule has 1 heterocycles. The molecule has 1 atom stereocenters. The van der Waals surface area contributed by atoms with Crippen molar-refractivity contribution in [1.29, 1.82) is 0 Å². The molecular weight excluding hydrogens is 254 g/mol. The molecule has 0 amide bonds. The SMILES string of the molecule is CC(=O)C(C)n1cc(Br)c([N+](=O)[O-])n1. The number of ketones is 1. The fourth-order valence-corrected chi connectivity index (χ4v) is 1.30. The van der Waals surface area contributed by atoms with E-state index in [0.717, 1.165) is 0 Å². The normalized spacial score (nSPS) is 12.5. The van der Waals surface area contributed by atoms with Gasteiger partial charge in [0.05, 0.1) is 11.3 Å². The van der Waals surface area contributed by atoms with Gasteiger partial charge in [-0.05, 0) is 34.7 Å². The third-order valence-electron chi connectivity index (χ3n) is 1.83. The number of nitro groups is 1. The molecule has 76 valence electrons. The predicted octanol–water partition coefficient (Wildman–Crippen LogP) is 1.70. The van der Waals surface area contributed by atoms with E-state index in [-0.39, 0.29) is 16.1 Å². The minimum absolute atomic E-state index is 0.102. The molecule has 0 aliphatic carbocycles. The first-order valence-corrected chi connectivity index (χ1v) is 4.62. The Bertz CT molecular complexity index is 388. The van der Waals surface area contributed by atoms with Crippen LogP contribution in [0.2, 0.25) is 0 Å². The minimum Gasteiger partial charge on any atom is -0.358 e. The summed E-state index contributed by atoms with van der Waals surface area (Å²) in [6, 6.07) is -0.486. The van der Waals surface area contributed by atoms with Crippen molar-refractivity contribution in [3.05, 3.63) is 20.8 Å². The molecule has 0 saturated heterocycles. The fraction of sp³-hybridized carbons (Fsp3) is 0.429. The fourth-order valence-electron chi connectivity index (χ4n) is 0.868. The number of aromatic nitrogens is 2. The summed E-state index contributed by atoms with van der Waals surface area (Å²) < 4.78 is 1.54. The van der Waals surface area contributed by atoms with Gasteiger partial charge in [-0.15, -0.1) is 0 Å². The van der Waals surface area contributed by atoms with Gasteiger partial charge in [-0.2, -0.15) is 4.68 Å².